The number of hydrogen-bond acceptors (Lipinski definition) is 4. The minimum absolute atomic E-state index is 0.297. The molecule has 138 valence electrons. The Bertz CT molecular complexity index is 930. The van der Waals surface area contributed by atoms with Crippen LogP contribution in [0, 0.1) is 5.82 Å². The number of benzene rings is 2. The predicted octanol–water partition coefficient (Wildman–Crippen LogP) is 4.16. The van der Waals surface area contributed by atoms with E-state index < -0.39 is 16.6 Å². The third-order valence-corrected chi connectivity index (χ3v) is 5.09. The SMILES string of the molecule is CCC1(CC)N=C(c2ccc(F)cc2)c2c(Cl)cc(N[SH](=O)=O)cc2O1. The number of halogens is 2. The Morgan fingerprint density at radius 2 is 1.85 bits per heavy atom. The van der Waals surface area contributed by atoms with Gasteiger partial charge in [-0.25, -0.2) is 17.8 Å². The molecule has 1 aliphatic heterocycles. The molecule has 0 spiro atoms. The molecule has 0 unspecified atom stereocenters. The summed E-state index contributed by atoms with van der Waals surface area (Å²) >= 11 is 6.41. The van der Waals surface area contributed by atoms with E-state index in [1.165, 1.54) is 18.2 Å². The molecule has 0 atom stereocenters. The first-order valence-corrected chi connectivity index (χ1v) is 9.73. The maximum absolute atomic E-state index is 13.3. The van der Waals surface area contributed by atoms with Crippen molar-refractivity contribution in [1.82, 2.24) is 0 Å². The number of nitrogens with one attached hydrogen (secondary N) is 1. The number of thiol groups is 1. The van der Waals surface area contributed by atoms with Crippen molar-refractivity contribution in [3.05, 3.63) is 58.4 Å². The van der Waals surface area contributed by atoms with Crippen LogP contribution in [0.3, 0.4) is 0 Å². The second-order valence-corrected chi connectivity index (χ2v) is 7.07. The summed E-state index contributed by atoms with van der Waals surface area (Å²) in [6.07, 6.45) is 1.22. The summed E-state index contributed by atoms with van der Waals surface area (Å²) < 4.78 is 43.7. The van der Waals surface area contributed by atoms with Crippen LogP contribution < -0.4 is 9.46 Å². The molecule has 3 rings (SSSR count). The predicted molar refractivity (Wildman–Crippen MR) is 101 cm³/mol. The molecular weight excluding hydrogens is 379 g/mol. The fourth-order valence-electron chi connectivity index (χ4n) is 2.92. The zero-order valence-electron chi connectivity index (χ0n) is 14.3. The number of ether oxygens (including phenoxy) is 1. The van der Waals surface area contributed by atoms with E-state index in [0.29, 0.717) is 46.1 Å². The van der Waals surface area contributed by atoms with E-state index in [-0.39, 0.29) is 5.82 Å². The van der Waals surface area contributed by atoms with Crippen molar-refractivity contribution in [2.75, 3.05) is 4.72 Å². The van der Waals surface area contributed by atoms with Crippen LogP contribution in [0.2, 0.25) is 5.02 Å². The number of fused-ring (bicyclic) bond motifs is 1. The highest BCUT2D eigenvalue weighted by molar-refractivity contribution is 7.73. The monoisotopic (exact) mass is 396 g/mol. The molecule has 1 heterocycles. The molecule has 0 saturated heterocycles. The molecule has 2 aromatic carbocycles. The molecule has 0 bridgehead atoms. The Morgan fingerprint density at radius 1 is 1.19 bits per heavy atom. The average Bonchev–Trinajstić information content (AvgIpc) is 2.60. The van der Waals surface area contributed by atoms with Gasteiger partial charge >= 0.3 is 0 Å². The Hall–Kier alpha value is -2.12. The molecule has 0 aromatic heterocycles. The lowest BCUT2D eigenvalue weighted by atomic mass is 9.96. The molecule has 0 aliphatic carbocycles. The van der Waals surface area contributed by atoms with Gasteiger partial charge in [0.15, 0.2) is 5.72 Å². The largest absolute Gasteiger partial charge is 0.465 e. The molecule has 1 aliphatic rings. The van der Waals surface area contributed by atoms with Gasteiger partial charge < -0.3 is 4.74 Å². The van der Waals surface area contributed by atoms with Gasteiger partial charge in [0.25, 0.3) is 0 Å². The molecule has 5 nitrogen and oxygen atoms in total. The van der Waals surface area contributed by atoms with E-state index in [2.05, 4.69) is 4.72 Å². The molecule has 0 amide bonds. The van der Waals surface area contributed by atoms with Gasteiger partial charge in [-0.15, -0.1) is 0 Å². The van der Waals surface area contributed by atoms with Gasteiger partial charge in [0.2, 0.25) is 10.9 Å². The van der Waals surface area contributed by atoms with Crippen LogP contribution in [-0.2, 0) is 10.9 Å². The van der Waals surface area contributed by atoms with Gasteiger partial charge in [0, 0.05) is 24.5 Å². The molecule has 2 aromatic rings. The molecular formula is C18H18ClFN2O3S. The van der Waals surface area contributed by atoms with Crippen LogP contribution >= 0.6 is 11.6 Å². The zero-order valence-corrected chi connectivity index (χ0v) is 15.9. The standard InChI is InChI=1S/C18H18ClFN2O3S/c1-3-18(4-2)21-17(11-5-7-12(20)8-6-11)16-14(19)9-13(22-26(23)24)10-15(16)25-18/h5-10,26H,3-4H2,1-2H3,(H,22,23,24). The van der Waals surface area contributed by atoms with Crippen LogP contribution in [0.15, 0.2) is 41.4 Å². The number of aliphatic imine (C=N–C) groups is 1. The van der Waals surface area contributed by atoms with Crippen molar-refractivity contribution >= 4 is 33.9 Å². The Labute approximate surface area is 157 Å². The third kappa shape index (κ3) is 3.54. The Balaban J connectivity index is 2.22. The van der Waals surface area contributed by atoms with Gasteiger partial charge in [-0.3, -0.25) is 4.72 Å². The van der Waals surface area contributed by atoms with Crippen LogP contribution in [0.5, 0.6) is 5.75 Å². The maximum atomic E-state index is 13.3. The number of anilines is 1. The quantitative estimate of drug-likeness (QED) is 0.745. The van der Waals surface area contributed by atoms with Crippen molar-refractivity contribution in [3.63, 3.8) is 0 Å². The fraction of sp³-hybridized carbons (Fsp3) is 0.278. The first kappa shape index (κ1) is 18.7. The second kappa shape index (κ2) is 7.25. The topological polar surface area (TPSA) is 67.8 Å². The summed E-state index contributed by atoms with van der Waals surface area (Å²) in [6.45, 7) is 3.91. The van der Waals surface area contributed by atoms with Gasteiger partial charge in [-0.2, -0.15) is 0 Å². The van der Waals surface area contributed by atoms with Gasteiger partial charge in [0.05, 0.1) is 22.0 Å². The van der Waals surface area contributed by atoms with Crippen molar-refractivity contribution < 1.29 is 17.5 Å². The van der Waals surface area contributed by atoms with Crippen LogP contribution in [0.1, 0.15) is 37.8 Å². The van der Waals surface area contributed by atoms with Gasteiger partial charge in [-0.1, -0.05) is 25.4 Å². The molecule has 8 heteroatoms. The summed E-state index contributed by atoms with van der Waals surface area (Å²) in [5.41, 5.74) is 1.38. The molecule has 1 N–H and O–H groups in total. The van der Waals surface area contributed by atoms with Crippen molar-refractivity contribution in [3.8, 4) is 5.75 Å². The van der Waals surface area contributed by atoms with Crippen molar-refractivity contribution in [2.45, 2.75) is 32.4 Å². The normalized spacial score (nSPS) is 15.2. The molecule has 0 saturated carbocycles. The van der Waals surface area contributed by atoms with E-state index in [9.17, 15) is 12.8 Å². The first-order chi connectivity index (χ1) is 12.4. The van der Waals surface area contributed by atoms with E-state index >= 15 is 0 Å². The Kier molecular flexibility index (Phi) is 5.20. The summed E-state index contributed by atoms with van der Waals surface area (Å²) in [7, 11) is -2.83. The van der Waals surface area contributed by atoms with Gasteiger partial charge in [0.1, 0.15) is 11.6 Å². The highest BCUT2D eigenvalue weighted by Crippen LogP contribution is 2.41. The summed E-state index contributed by atoms with van der Waals surface area (Å²) in [5, 5.41) is 0.297. The average molecular weight is 397 g/mol. The summed E-state index contributed by atoms with van der Waals surface area (Å²) in [6, 6.07) is 9.08. The lowest BCUT2D eigenvalue weighted by molar-refractivity contribution is 0.0660. The lowest BCUT2D eigenvalue weighted by Crippen LogP contribution is -2.37. The number of nitrogens with zero attached hydrogens (tertiary/aromatic N) is 1. The minimum atomic E-state index is -2.83. The van der Waals surface area contributed by atoms with E-state index in [0.717, 1.165) is 0 Å². The lowest BCUT2D eigenvalue weighted by Gasteiger charge is -2.35. The second-order valence-electron chi connectivity index (χ2n) is 5.92. The highest BCUT2D eigenvalue weighted by Gasteiger charge is 2.35. The van der Waals surface area contributed by atoms with Crippen LogP contribution in [-0.4, -0.2) is 19.9 Å². The summed E-state index contributed by atoms with van der Waals surface area (Å²) in [5.74, 6) is 0.0960. The number of hydrogen-bond donors (Lipinski definition) is 2. The summed E-state index contributed by atoms with van der Waals surface area (Å²) in [4.78, 5) is 4.79. The Morgan fingerprint density at radius 3 is 2.42 bits per heavy atom. The van der Waals surface area contributed by atoms with Gasteiger partial charge in [-0.05, 0) is 30.3 Å². The third-order valence-electron chi connectivity index (χ3n) is 4.35. The van der Waals surface area contributed by atoms with Crippen LogP contribution in [0.25, 0.3) is 0 Å². The van der Waals surface area contributed by atoms with E-state index in [1.54, 1.807) is 18.2 Å². The molecule has 0 radical (unpaired) electrons. The zero-order chi connectivity index (χ0) is 18.9. The van der Waals surface area contributed by atoms with Crippen LogP contribution in [0.4, 0.5) is 10.1 Å². The maximum Gasteiger partial charge on any atom is 0.222 e. The van der Waals surface area contributed by atoms with E-state index in [1.807, 2.05) is 13.8 Å². The smallest absolute Gasteiger partial charge is 0.222 e. The first-order valence-electron chi connectivity index (χ1n) is 8.17. The van der Waals surface area contributed by atoms with E-state index in [4.69, 9.17) is 21.3 Å². The number of rotatable bonds is 5. The molecule has 26 heavy (non-hydrogen) atoms. The van der Waals surface area contributed by atoms with Crippen molar-refractivity contribution in [1.29, 1.82) is 0 Å². The highest BCUT2D eigenvalue weighted by atomic mass is 35.5. The molecule has 0 fully saturated rings. The minimum Gasteiger partial charge on any atom is -0.465 e. The fourth-order valence-corrected chi connectivity index (χ4v) is 3.56. The van der Waals surface area contributed by atoms with Crippen molar-refractivity contribution in [2.24, 2.45) is 4.99 Å².